The van der Waals surface area contributed by atoms with Crippen LogP contribution in [0, 0.1) is 41.5 Å². The van der Waals surface area contributed by atoms with Crippen LogP contribution in [0.3, 0.4) is 0 Å². The van der Waals surface area contributed by atoms with E-state index >= 15 is 0 Å². The van der Waals surface area contributed by atoms with E-state index in [2.05, 4.69) is 248 Å². The molecule has 68 heavy (non-hydrogen) atoms. The maximum absolute atomic E-state index is 6.16. The van der Waals surface area contributed by atoms with Gasteiger partial charge < -0.3 is 20.1 Å². The maximum atomic E-state index is 6.16. The van der Waals surface area contributed by atoms with Gasteiger partial charge in [-0.15, -0.1) is 0 Å². The van der Waals surface area contributed by atoms with Crippen LogP contribution >= 0.6 is 0 Å². The molecule has 4 nitrogen and oxygen atoms in total. The number of aryl methyl sites for hydroxylation is 6. The van der Waals surface area contributed by atoms with Crippen molar-refractivity contribution in [2.75, 3.05) is 0 Å². The van der Waals surface area contributed by atoms with Crippen LogP contribution in [0.15, 0.2) is 157 Å². The Hall–Kier alpha value is -6.03. The Bertz CT molecular complexity index is 2560. The summed E-state index contributed by atoms with van der Waals surface area (Å²) < 4.78 is 12.3. The highest BCUT2D eigenvalue weighted by atomic mass is 28.3. The third-order valence-electron chi connectivity index (χ3n) is 13.3. The zero-order chi connectivity index (χ0) is 48.3. The van der Waals surface area contributed by atoms with Gasteiger partial charge in [0.25, 0.3) is 0 Å². The van der Waals surface area contributed by atoms with Gasteiger partial charge in [0, 0.05) is 26.2 Å². The summed E-state index contributed by atoms with van der Waals surface area (Å²) in [5.41, 5.74) is 23.0. The largest absolute Gasteiger partial charge is 0.489 e. The fourth-order valence-electron chi connectivity index (χ4n) is 8.96. The second kappa shape index (κ2) is 22.8. The predicted octanol–water partition coefficient (Wildman–Crippen LogP) is 13.6. The molecular weight excluding hydrogens is 861 g/mol. The first kappa shape index (κ1) is 49.9. The van der Waals surface area contributed by atoms with Crippen LogP contribution in [-0.4, -0.2) is 16.1 Å². The van der Waals surface area contributed by atoms with Crippen molar-refractivity contribution in [3.8, 4) is 11.5 Å². The number of nitrogens with one attached hydrogen (secondary N) is 2. The number of rotatable bonds is 20. The zero-order valence-corrected chi connectivity index (χ0v) is 44.2. The summed E-state index contributed by atoms with van der Waals surface area (Å²) in [7, 11) is -3.62. The maximum Gasteiger partial charge on any atom is 0.119 e. The molecule has 7 aromatic rings. The zero-order valence-electron chi connectivity index (χ0n) is 42.2. The topological polar surface area (TPSA) is 42.5 Å². The minimum Gasteiger partial charge on any atom is -0.489 e. The lowest BCUT2D eigenvalue weighted by atomic mass is 10.00. The molecule has 0 saturated heterocycles. The van der Waals surface area contributed by atoms with Crippen molar-refractivity contribution >= 4 is 38.7 Å². The molecule has 6 heteroatoms. The van der Waals surface area contributed by atoms with Crippen molar-refractivity contribution in [1.29, 1.82) is 0 Å². The van der Waals surface area contributed by atoms with E-state index in [9.17, 15) is 0 Å². The Labute approximate surface area is 410 Å². The van der Waals surface area contributed by atoms with Crippen molar-refractivity contribution in [3.05, 3.63) is 235 Å². The van der Waals surface area contributed by atoms with Crippen LogP contribution < -0.4 is 30.5 Å². The fourth-order valence-corrected chi connectivity index (χ4v) is 12.6. The summed E-state index contributed by atoms with van der Waals surface area (Å²) in [4.78, 5) is 0. The molecule has 0 aliphatic carbocycles. The Morgan fingerprint density at radius 3 is 1.01 bits per heavy atom. The third kappa shape index (κ3) is 14.0. The Balaban J connectivity index is 0.831. The molecule has 0 saturated carbocycles. The summed E-state index contributed by atoms with van der Waals surface area (Å²) in [6, 6.07) is 52.9. The Kier molecular flexibility index (Phi) is 16.8. The number of hydrogen-bond donors (Lipinski definition) is 2. The van der Waals surface area contributed by atoms with E-state index < -0.39 is 16.1 Å². The predicted molar refractivity (Wildman–Crippen MR) is 296 cm³/mol. The van der Waals surface area contributed by atoms with Crippen molar-refractivity contribution in [1.82, 2.24) is 10.6 Å². The minimum absolute atomic E-state index is 0.543. The lowest BCUT2D eigenvalue weighted by Gasteiger charge is -2.22. The van der Waals surface area contributed by atoms with Crippen molar-refractivity contribution in [2.45, 2.75) is 107 Å². The van der Waals surface area contributed by atoms with Crippen LogP contribution in [0.1, 0.15) is 77.9 Å². The normalized spacial score (nSPS) is 12.0. The van der Waals surface area contributed by atoms with Gasteiger partial charge >= 0.3 is 0 Å². The van der Waals surface area contributed by atoms with Gasteiger partial charge in [-0.1, -0.05) is 193 Å². The summed E-state index contributed by atoms with van der Waals surface area (Å²) in [6.45, 7) is 27.3. The Morgan fingerprint density at radius 2 is 0.691 bits per heavy atom. The Morgan fingerprint density at radius 1 is 0.382 bits per heavy atom. The highest BCUT2D eigenvalue weighted by Crippen LogP contribution is 2.21. The van der Waals surface area contributed by atoms with E-state index in [-0.39, 0.29) is 0 Å². The molecule has 7 aromatic carbocycles. The van der Waals surface area contributed by atoms with E-state index in [0.717, 1.165) is 48.8 Å². The van der Waals surface area contributed by atoms with E-state index in [1.54, 1.807) is 0 Å². The summed E-state index contributed by atoms with van der Waals surface area (Å²) in [5, 5.41) is 10.1. The molecule has 0 fully saturated rings. The van der Waals surface area contributed by atoms with E-state index in [0.29, 0.717) is 13.2 Å². The van der Waals surface area contributed by atoms with Crippen LogP contribution in [0.5, 0.6) is 11.5 Å². The van der Waals surface area contributed by atoms with Gasteiger partial charge in [0.1, 0.15) is 40.9 Å². The van der Waals surface area contributed by atoms with E-state index in [1.165, 1.54) is 77.1 Å². The van der Waals surface area contributed by atoms with Gasteiger partial charge in [-0.25, -0.2) is 0 Å². The average Bonchev–Trinajstić information content (AvgIpc) is 3.32. The third-order valence-corrected chi connectivity index (χ3v) is 19.0. The molecule has 2 N–H and O–H groups in total. The van der Waals surface area contributed by atoms with Crippen LogP contribution in [-0.2, 0) is 39.4 Å². The number of ether oxygens (including phenoxy) is 2. The van der Waals surface area contributed by atoms with Gasteiger partial charge in [-0.05, 0) is 133 Å². The minimum atomic E-state index is -1.81. The molecule has 0 heterocycles. The quantitative estimate of drug-likeness (QED) is 0.0748. The summed E-state index contributed by atoms with van der Waals surface area (Å²) >= 11 is 0. The first-order chi connectivity index (χ1) is 32.6. The van der Waals surface area contributed by atoms with E-state index in [1.807, 2.05) is 0 Å². The molecule has 0 amide bonds. The summed E-state index contributed by atoms with van der Waals surface area (Å²) in [5.74, 6) is 1.77. The second-order valence-electron chi connectivity index (χ2n) is 20.0. The first-order valence-corrected chi connectivity index (χ1v) is 30.4. The summed E-state index contributed by atoms with van der Waals surface area (Å²) in [6.07, 6.45) is 4.59. The molecular formula is C62H72N2O2Si2. The standard InChI is InChI=1S/C62H72N2O2Si2/c1-45-35-47(3)61(48(4)36-45)41-63-39-53-19-23-57(24-20-53)65-43-55-15-11-51(12-16-55)31-33-67(7,8)59-27-29-60(30-28-59)68(9,10)34-32-52-13-17-56(18-14-52)44-66-58-25-21-54(22-26-58)40-64-42-62-49(5)37-46(2)38-50(62)6/h11-38,63-64H,39-44H2,1-10H3/b33-31+,34-32+. The lowest BCUT2D eigenvalue weighted by Crippen LogP contribution is -2.43. The highest BCUT2D eigenvalue weighted by molar-refractivity contribution is 6.95. The van der Waals surface area contributed by atoms with Crippen LogP contribution in [0.2, 0.25) is 26.2 Å². The highest BCUT2D eigenvalue weighted by Gasteiger charge is 2.23. The van der Waals surface area contributed by atoms with E-state index in [4.69, 9.17) is 9.47 Å². The van der Waals surface area contributed by atoms with Crippen molar-refractivity contribution < 1.29 is 9.47 Å². The van der Waals surface area contributed by atoms with Crippen molar-refractivity contribution in [3.63, 3.8) is 0 Å². The first-order valence-electron chi connectivity index (χ1n) is 24.3. The molecule has 0 aliphatic heterocycles. The smallest absolute Gasteiger partial charge is 0.119 e. The van der Waals surface area contributed by atoms with Crippen LogP contribution in [0.4, 0.5) is 0 Å². The lowest BCUT2D eigenvalue weighted by molar-refractivity contribution is 0.306. The fraction of sp³-hybridized carbons (Fsp3) is 0.258. The molecule has 0 atom stereocenters. The molecule has 0 aromatic heterocycles. The van der Waals surface area contributed by atoms with Gasteiger partial charge in [0.15, 0.2) is 0 Å². The molecule has 0 radical (unpaired) electrons. The molecule has 350 valence electrons. The monoisotopic (exact) mass is 933 g/mol. The van der Waals surface area contributed by atoms with Gasteiger partial charge in [0.05, 0.1) is 0 Å². The molecule has 0 aliphatic rings. The average molecular weight is 933 g/mol. The van der Waals surface area contributed by atoms with Crippen molar-refractivity contribution in [2.24, 2.45) is 0 Å². The van der Waals surface area contributed by atoms with Gasteiger partial charge in [-0.3, -0.25) is 0 Å². The molecule has 0 unspecified atom stereocenters. The number of benzene rings is 7. The number of hydrogen-bond acceptors (Lipinski definition) is 4. The van der Waals surface area contributed by atoms with Gasteiger partial charge in [-0.2, -0.15) is 0 Å². The SMILES string of the molecule is Cc1cc(C)c(CNCc2ccc(OCc3ccc(/C=C/[Si](C)(C)c4ccc([Si](C)(C)/C=C/c5ccc(COc6ccc(CNCc7c(C)cc(C)cc7C)cc6)cc5)cc4)cc3)cc2)c(C)c1. The molecule has 0 spiro atoms. The van der Waals surface area contributed by atoms with Crippen LogP contribution in [0.25, 0.3) is 12.2 Å². The van der Waals surface area contributed by atoms with Gasteiger partial charge in [0.2, 0.25) is 0 Å². The molecule has 7 rings (SSSR count). The molecule has 0 bridgehead atoms. The second-order valence-corrected chi connectivity index (χ2v) is 28.7.